The minimum Gasteiger partial charge on any atom is -0.492 e. The van der Waals surface area contributed by atoms with Crippen molar-refractivity contribution >= 4 is 33.4 Å². The Bertz CT molecular complexity index is 1080. The molecule has 0 atom stereocenters. The number of nitrogens with zero attached hydrogens (tertiary/aromatic N) is 1. The van der Waals surface area contributed by atoms with E-state index in [-0.39, 0.29) is 11.8 Å². The number of para-hydroxylation sites is 1. The van der Waals surface area contributed by atoms with Crippen molar-refractivity contribution < 1.29 is 14.3 Å². The van der Waals surface area contributed by atoms with E-state index in [2.05, 4.69) is 35.1 Å². The Balaban J connectivity index is 1.76. The number of nitrogens with one attached hydrogen (secondary N) is 1. The van der Waals surface area contributed by atoms with Crippen molar-refractivity contribution in [3.63, 3.8) is 0 Å². The predicted octanol–water partition coefficient (Wildman–Crippen LogP) is 5.69. The van der Waals surface area contributed by atoms with Crippen LogP contribution in [0, 0.1) is 5.92 Å². The van der Waals surface area contributed by atoms with Crippen molar-refractivity contribution in [2.45, 2.75) is 20.4 Å². The molecule has 0 aliphatic heterocycles. The highest BCUT2D eigenvalue weighted by atomic mass is 79.9. The number of anilines is 1. The fraction of sp³-hybridized carbons (Fsp3) is 0.231. The molecule has 0 spiro atoms. The third kappa shape index (κ3) is 5.98. The van der Waals surface area contributed by atoms with E-state index in [4.69, 9.17) is 4.74 Å². The molecule has 0 aliphatic carbocycles. The summed E-state index contributed by atoms with van der Waals surface area (Å²) in [4.78, 5) is 27.5. The van der Waals surface area contributed by atoms with Gasteiger partial charge in [0.15, 0.2) is 0 Å². The average molecular weight is 495 g/mol. The maximum atomic E-state index is 13.2. The summed E-state index contributed by atoms with van der Waals surface area (Å²) in [6.45, 7) is 5.16. The number of hydrogen-bond donors (Lipinski definition) is 1. The SMILES string of the molecule is CC(C)COc1ccc(C(=O)N(C)c2ccccc2C(=O)NCc2ccccc2)cc1Br. The monoisotopic (exact) mass is 494 g/mol. The minimum atomic E-state index is -0.234. The first-order valence-electron chi connectivity index (χ1n) is 10.5. The summed E-state index contributed by atoms with van der Waals surface area (Å²) in [5.74, 6) is 0.643. The van der Waals surface area contributed by atoms with Gasteiger partial charge in [0.05, 0.1) is 22.3 Å². The molecule has 5 nitrogen and oxygen atoms in total. The molecule has 0 radical (unpaired) electrons. The molecule has 0 fully saturated rings. The van der Waals surface area contributed by atoms with Crippen LogP contribution in [0.4, 0.5) is 5.69 Å². The summed E-state index contributed by atoms with van der Waals surface area (Å²) in [5.41, 5.74) is 2.48. The van der Waals surface area contributed by atoms with Crippen LogP contribution in [0.5, 0.6) is 5.75 Å². The zero-order valence-corrected chi connectivity index (χ0v) is 20.1. The van der Waals surface area contributed by atoms with E-state index in [1.165, 1.54) is 4.90 Å². The standard InChI is InChI=1S/C26H27BrN2O3/c1-18(2)17-32-24-14-13-20(15-22(24)27)26(31)29(3)23-12-8-7-11-21(23)25(30)28-16-19-9-5-4-6-10-19/h4-15,18H,16-17H2,1-3H3,(H,28,30). The Kier molecular flexibility index (Phi) is 8.06. The van der Waals surface area contributed by atoms with Crippen molar-refractivity contribution in [1.82, 2.24) is 5.32 Å². The molecule has 0 saturated heterocycles. The smallest absolute Gasteiger partial charge is 0.258 e. The molecule has 0 heterocycles. The van der Waals surface area contributed by atoms with Crippen LogP contribution in [0.1, 0.15) is 40.1 Å². The highest BCUT2D eigenvalue weighted by molar-refractivity contribution is 9.10. The second kappa shape index (κ2) is 11.0. The predicted molar refractivity (Wildman–Crippen MR) is 131 cm³/mol. The number of rotatable bonds is 8. The quantitative estimate of drug-likeness (QED) is 0.437. The highest BCUT2D eigenvalue weighted by Crippen LogP contribution is 2.28. The number of carbonyl (C=O) groups is 2. The van der Waals surface area contributed by atoms with Gasteiger partial charge in [-0.15, -0.1) is 0 Å². The zero-order chi connectivity index (χ0) is 23.1. The van der Waals surface area contributed by atoms with Crippen LogP contribution >= 0.6 is 15.9 Å². The Labute approximate surface area is 197 Å². The van der Waals surface area contributed by atoms with Gasteiger partial charge in [-0.05, 0) is 57.7 Å². The molecule has 3 rings (SSSR count). The van der Waals surface area contributed by atoms with Crippen LogP contribution < -0.4 is 15.0 Å². The van der Waals surface area contributed by atoms with Crippen LogP contribution in [0.2, 0.25) is 0 Å². The van der Waals surface area contributed by atoms with Gasteiger partial charge in [0.1, 0.15) is 5.75 Å². The molecule has 2 amide bonds. The first-order chi connectivity index (χ1) is 15.4. The Hall–Kier alpha value is -3.12. The molecule has 166 valence electrons. The first-order valence-corrected chi connectivity index (χ1v) is 11.3. The van der Waals surface area contributed by atoms with Gasteiger partial charge in [-0.3, -0.25) is 9.59 Å². The van der Waals surface area contributed by atoms with Gasteiger partial charge in [-0.2, -0.15) is 0 Å². The van der Waals surface area contributed by atoms with Gasteiger partial charge < -0.3 is 15.0 Å². The average Bonchev–Trinajstić information content (AvgIpc) is 2.81. The van der Waals surface area contributed by atoms with Crippen molar-refractivity contribution in [1.29, 1.82) is 0 Å². The van der Waals surface area contributed by atoms with Crippen molar-refractivity contribution in [3.05, 3.63) is 94.0 Å². The molecule has 0 saturated carbocycles. The third-order valence-electron chi connectivity index (χ3n) is 4.86. The largest absolute Gasteiger partial charge is 0.492 e. The Morgan fingerprint density at radius 3 is 2.38 bits per heavy atom. The summed E-state index contributed by atoms with van der Waals surface area (Å²) in [6, 6.07) is 22.0. The normalized spacial score (nSPS) is 10.7. The Morgan fingerprint density at radius 1 is 1.00 bits per heavy atom. The highest BCUT2D eigenvalue weighted by Gasteiger charge is 2.20. The van der Waals surface area contributed by atoms with E-state index in [1.807, 2.05) is 36.4 Å². The van der Waals surface area contributed by atoms with Crippen molar-refractivity contribution in [2.75, 3.05) is 18.6 Å². The van der Waals surface area contributed by atoms with Gasteiger partial charge in [0.2, 0.25) is 0 Å². The van der Waals surface area contributed by atoms with E-state index >= 15 is 0 Å². The van der Waals surface area contributed by atoms with E-state index in [9.17, 15) is 9.59 Å². The lowest BCUT2D eigenvalue weighted by atomic mass is 10.1. The topological polar surface area (TPSA) is 58.6 Å². The number of hydrogen-bond acceptors (Lipinski definition) is 3. The summed E-state index contributed by atoms with van der Waals surface area (Å²) >= 11 is 3.49. The van der Waals surface area contributed by atoms with Gasteiger partial charge in [0.25, 0.3) is 11.8 Å². The third-order valence-corrected chi connectivity index (χ3v) is 5.48. The number of carbonyl (C=O) groups excluding carboxylic acids is 2. The fourth-order valence-corrected chi connectivity index (χ4v) is 3.64. The summed E-state index contributed by atoms with van der Waals surface area (Å²) in [6.07, 6.45) is 0. The van der Waals surface area contributed by atoms with Crippen LogP contribution in [0.25, 0.3) is 0 Å². The summed E-state index contributed by atoms with van der Waals surface area (Å²) < 4.78 is 6.48. The molecule has 6 heteroatoms. The molecule has 3 aromatic carbocycles. The molecule has 0 aromatic heterocycles. The maximum Gasteiger partial charge on any atom is 0.258 e. The van der Waals surface area contributed by atoms with E-state index in [0.717, 1.165) is 5.56 Å². The maximum absolute atomic E-state index is 13.2. The lowest BCUT2D eigenvalue weighted by molar-refractivity contribution is 0.0951. The number of ether oxygens (including phenoxy) is 1. The number of amides is 2. The molecule has 0 bridgehead atoms. The van der Waals surface area contributed by atoms with Crippen molar-refractivity contribution in [3.8, 4) is 5.75 Å². The molecule has 0 unspecified atom stereocenters. The molecular formula is C26H27BrN2O3. The lowest BCUT2D eigenvalue weighted by Gasteiger charge is -2.21. The molecule has 0 aliphatic rings. The minimum absolute atomic E-state index is 0.218. The van der Waals surface area contributed by atoms with Gasteiger partial charge in [-0.1, -0.05) is 56.3 Å². The van der Waals surface area contributed by atoms with Crippen LogP contribution in [0.3, 0.4) is 0 Å². The van der Waals surface area contributed by atoms with E-state index in [0.29, 0.717) is 46.1 Å². The molecule has 1 N–H and O–H groups in total. The first kappa shape index (κ1) is 23.5. The summed E-state index contributed by atoms with van der Waals surface area (Å²) in [5, 5.41) is 2.93. The van der Waals surface area contributed by atoms with Crippen LogP contribution in [-0.2, 0) is 6.54 Å². The van der Waals surface area contributed by atoms with Gasteiger partial charge in [-0.25, -0.2) is 0 Å². The number of halogens is 1. The Morgan fingerprint density at radius 2 is 1.69 bits per heavy atom. The van der Waals surface area contributed by atoms with E-state index in [1.54, 1.807) is 43.4 Å². The summed E-state index contributed by atoms with van der Waals surface area (Å²) in [7, 11) is 1.67. The number of benzene rings is 3. The molecular weight excluding hydrogens is 468 g/mol. The van der Waals surface area contributed by atoms with Gasteiger partial charge in [0, 0.05) is 19.2 Å². The zero-order valence-electron chi connectivity index (χ0n) is 18.5. The van der Waals surface area contributed by atoms with Crippen LogP contribution in [-0.4, -0.2) is 25.5 Å². The fourth-order valence-electron chi connectivity index (χ4n) is 3.14. The molecule has 3 aromatic rings. The second-order valence-electron chi connectivity index (χ2n) is 7.90. The van der Waals surface area contributed by atoms with Gasteiger partial charge >= 0.3 is 0 Å². The second-order valence-corrected chi connectivity index (χ2v) is 8.75. The lowest BCUT2D eigenvalue weighted by Crippen LogP contribution is -2.30. The van der Waals surface area contributed by atoms with E-state index < -0.39 is 0 Å². The molecule has 32 heavy (non-hydrogen) atoms. The van der Waals surface area contributed by atoms with Crippen molar-refractivity contribution in [2.24, 2.45) is 5.92 Å². The van der Waals surface area contributed by atoms with Crippen LogP contribution in [0.15, 0.2) is 77.3 Å².